The van der Waals surface area contributed by atoms with Crippen LogP contribution in [0.5, 0.6) is 0 Å². The molecule has 0 aromatic heterocycles. The maximum Gasteiger partial charge on any atom is 0.242 e. The zero-order valence-corrected chi connectivity index (χ0v) is 14.1. The minimum atomic E-state index is -3.69. The van der Waals surface area contributed by atoms with Crippen LogP contribution in [0.4, 0.5) is 4.39 Å². The van der Waals surface area contributed by atoms with Crippen LogP contribution in [-0.2, 0) is 10.0 Å². The lowest BCUT2D eigenvalue weighted by atomic mass is 10.3. The second-order valence-corrected chi connectivity index (χ2v) is 7.61. The monoisotopic (exact) mass is 349 g/mol. The fourth-order valence-corrected chi connectivity index (χ4v) is 3.95. The largest absolute Gasteiger partial charge is 0.304 e. The van der Waals surface area contributed by atoms with Gasteiger partial charge in [-0.3, -0.25) is 0 Å². The Labute approximate surface area is 136 Å². The molecular formula is C14H21ClFN3O2S. The van der Waals surface area contributed by atoms with E-state index in [9.17, 15) is 12.8 Å². The van der Waals surface area contributed by atoms with Gasteiger partial charge in [0.2, 0.25) is 10.0 Å². The SMILES string of the molecule is CN1CCN(CCCNS(=O)(=O)c2ccc(F)cc2Cl)CC1. The summed E-state index contributed by atoms with van der Waals surface area (Å²) >= 11 is 5.79. The molecule has 22 heavy (non-hydrogen) atoms. The van der Waals surface area contributed by atoms with Crippen molar-refractivity contribution in [3.8, 4) is 0 Å². The molecule has 0 unspecified atom stereocenters. The van der Waals surface area contributed by atoms with E-state index in [1.807, 2.05) is 0 Å². The van der Waals surface area contributed by atoms with Crippen LogP contribution in [0.2, 0.25) is 5.02 Å². The molecule has 0 saturated carbocycles. The standard InChI is InChI=1S/C14H21ClFN3O2S/c1-18-7-9-19(10-8-18)6-2-5-17-22(20,21)14-4-3-12(16)11-13(14)15/h3-4,11,17H,2,5-10H2,1H3. The van der Waals surface area contributed by atoms with E-state index in [4.69, 9.17) is 11.6 Å². The van der Waals surface area contributed by atoms with Crippen LogP contribution in [0.3, 0.4) is 0 Å². The molecule has 1 heterocycles. The Hall–Kier alpha value is -0.730. The van der Waals surface area contributed by atoms with Crippen molar-refractivity contribution in [1.82, 2.24) is 14.5 Å². The summed E-state index contributed by atoms with van der Waals surface area (Å²) in [6.45, 7) is 5.28. The topological polar surface area (TPSA) is 52.6 Å². The van der Waals surface area contributed by atoms with Gasteiger partial charge in [-0.1, -0.05) is 11.6 Å². The first kappa shape index (κ1) is 17.6. The zero-order valence-electron chi connectivity index (χ0n) is 12.6. The fourth-order valence-electron chi connectivity index (χ4n) is 2.35. The highest BCUT2D eigenvalue weighted by atomic mass is 35.5. The van der Waals surface area contributed by atoms with Crippen LogP contribution in [0.25, 0.3) is 0 Å². The molecule has 5 nitrogen and oxygen atoms in total. The van der Waals surface area contributed by atoms with E-state index >= 15 is 0 Å². The second-order valence-electron chi connectivity index (χ2n) is 5.47. The number of sulfonamides is 1. The minimum Gasteiger partial charge on any atom is -0.304 e. The van der Waals surface area contributed by atoms with Crippen LogP contribution in [0, 0.1) is 5.82 Å². The molecular weight excluding hydrogens is 329 g/mol. The highest BCUT2D eigenvalue weighted by molar-refractivity contribution is 7.89. The Balaban J connectivity index is 1.80. The Bertz CT molecular complexity index is 604. The van der Waals surface area contributed by atoms with Gasteiger partial charge in [0.1, 0.15) is 10.7 Å². The van der Waals surface area contributed by atoms with Crippen LogP contribution >= 0.6 is 11.6 Å². The summed E-state index contributed by atoms with van der Waals surface area (Å²) in [6, 6.07) is 3.27. The van der Waals surface area contributed by atoms with Gasteiger partial charge in [-0.2, -0.15) is 0 Å². The number of piperazine rings is 1. The normalized spacial score (nSPS) is 17.8. The van der Waals surface area contributed by atoms with Crippen molar-refractivity contribution in [2.75, 3.05) is 46.3 Å². The lowest BCUT2D eigenvalue weighted by Gasteiger charge is -2.32. The van der Waals surface area contributed by atoms with E-state index in [2.05, 4.69) is 21.6 Å². The van der Waals surface area contributed by atoms with Gasteiger partial charge < -0.3 is 9.80 Å². The van der Waals surface area contributed by atoms with Crippen molar-refractivity contribution in [1.29, 1.82) is 0 Å². The van der Waals surface area contributed by atoms with Crippen LogP contribution in [0.15, 0.2) is 23.1 Å². The molecule has 124 valence electrons. The molecule has 1 N–H and O–H groups in total. The van der Waals surface area contributed by atoms with Gasteiger partial charge in [-0.05, 0) is 38.2 Å². The Kier molecular flexibility index (Phi) is 6.17. The van der Waals surface area contributed by atoms with Crippen molar-refractivity contribution in [3.05, 3.63) is 29.0 Å². The van der Waals surface area contributed by atoms with E-state index in [0.29, 0.717) is 6.54 Å². The Morgan fingerprint density at radius 3 is 2.59 bits per heavy atom. The van der Waals surface area contributed by atoms with Crippen LogP contribution in [-0.4, -0.2) is 64.5 Å². The fraction of sp³-hybridized carbons (Fsp3) is 0.571. The molecule has 1 fully saturated rings. The van der Waals surface area contributed by atoms with E-state index in [-0.39, 0.29) is 9.92 Å². The molecule has 0 atom stereocenters. The van der Waals surface area contributed by atoms with Crippen molar-refractivity contribution in [3.63, 3.8) is 0 Å². The predicted octanol–water partition coefficient (Wildman–Crippen LogP) is 1.39. The number of nitrogens with zero attached hydrogens (tertiary/aromatic N) is 2. The molecule has 1 aromatic carbocycles. The molecule has 0 bridgehead atoms. The highest BCUT2D eigenvalue weighted by Gasteiger charge is 2.18. The molecule has 1 aliphatic rings. The molecule has 0 aliphatic carbocycles. The quantitative estimate of drug-likeness (QED) is 0.789. The molecule has 8 heteroatoms. The van der Waals surface area contributed by atoms with Crippen molar-refractivity contribution < 1.29 is 12.8 Å². The maximum atomic E-state index is 13.0. The summed E-state index contributed by atoms with van der Waals surface area (Å²) in [7, 11) is -1.60. The van der Waals surface area contributed by atoms with Gasteiger partial charge in [0.05, 0.1) is 5.02 Å². The zero-order chi connectivity index (χ0) is 16.2. The molecule has 1 aliphatic heterocycles. The average Bonchev–Trinajstić information content (AvgIpc) is 2.45. The van der Waals surface area contributed by atoms with Gasteiger partial charge in [0.15, 0.2) is 0 Å². The molecule has 0 amide bonds. The Morgan fingerprint density at radius 1 is 1.27 bits per heavy atom. The van der Waals surface area contributed by atoms with E-state index < -0.39 is 15.8 Å². The van der Waals surface area contributed by atoms with Gasteiger partial charge in [-0.15, -0.1) is 0 Å². The van der Waals surface area contributed by atoms with Crippen LogP contribution in [0.1, 0.15) is 6.42 Å². The summed E-state index contributed by atoms with van der Waals surface area (Å²) in [5, 5.41) is -0.105. The average molecular weight is 350 g/mol. The Morgan fingerprint density at radius 2 is 1.95 bits per heavy atom. The van der Waals surface area contributed by atoms with Gasteiger partial charge in [-0.25, -0.2) is 17.5 Å². The van der Waals surface area contributed by atoms with E-state index in [1.54, 1.807) is 0 Å². The summed E-state index contributed by atoms with van der Waals surface area (Å²) in [5.74, 6) is -0.556. The number of halogens is 2. The van der Waals surface area contributed by atoms with E-state index in [0.717, 1.165) is 51.3 Å². The van der Waals surface area contributed by atoms with Crippen molar-refractivity contribution >= 4 is 21.6 Å². The minimum absolute atomic E-state index is 0.0878. The second kappa shape index (κ2) is 7.70. The number of benzene rings is 1. The maximum absolute atomic E-state index is 13.0. The predicted molar refractivity (Wildman–Crippen MR) is 85.2 cm³/mol. The number of hydrogen-bond acceptors (Lipinski definition) is 4. The first-order valence-electron chi connectivity index (χ1n) is 7.24. The molecule has 0 spiro atoms. The number of likely N-dealkylation sites (N-methyl/N-ethyl adjacent to an activating group) is 1. The van der Waals surface area contributed by atoms with Crippen molar-refractivity contribution in [2.45, 2.75) is 11.3 Å². The van der Waals surface area contributed by atoms with Crippen molar-refractivity contribution in [2.24, 2.45) is 0 Å². The number of rotatable bonds is 6. The van der Waals surface area contributed by atoms with Crippen LogP contribution < -0.4 is 4.72 Å². The molecule has 0 radical (unpaired) electrons. The first-order chi connectivity index (χ1) is 10.4. The number of hydrogen-bond donors (Lipinski definition) is 1. The summed E-state index contributed by atoms with van der Waals surface area (Å²) in [5.41, 5.74) is 0. The summed E-state index contributed by atoms with van der Waals surface area (Å²) in [4.78, 5) is 4.50. The van der Waals surface area contributed by atoms with Gasteiger partial charge in [0.25, 0.3) is 0 Å². The third kappa shape index (κ3) is 4.89. The van der Waals surface area contributed by atoms with E-state index in [1.165, 1.54) is 6.07 Å². The van der Waals surface area contributed by atoms with Gasteiger partial charge >= 0.3 is 0 Å². The summed E-state index contributed by atoms with van der Waals surface area (Å²) < 4.78 is 39.7. The summed E-state index contributed by atoms with van der Waals surface area (Å²) in [6.07, 6.45) is 0.724. The third-order valence-electron chi connectivity index (χ3n) is 3.72. The smallest absolute Gasteiger partial charge is 0.242 e. The molecule has 1 saturated heterocycles. The van der Waals surface area contributed by atoms with Gasteiger partial charge in [0, 0.05) is 32.7 Å². The lowest BCUT2D eigenvalue weighted by molar-refractivity contribution is 0.153. The molecule has 2 rings (SSSR count). The number of nitrogens with one attached hydrogen (secondary N) is 1. The molecule has 1 aromatic rings. The first-order valence-corrected chi connectivity index (χ1v) is 9.10. The third-order valence-corrected chi connectivity index (χ3v) is 5.67. The lowest BCUT2D eigenvalue weighted by Crippen LogP contribution is -2.45. The highest BCUT2D eigenvalue weighted by Crippen LogP contribution is 2.21.